The average Bonchev–Trinajstić information content (AvgIpc) is 3.22. The predicted octanol–water partition coefficient (Wildman–Crippen LogP) is 2.18. The van der Waals surface area contributed by atoms with Crippen molar-refractivity contribution in [1.29, 1.82) is 0 Å². The molecule has 2 atom stereocenters. The third kappa shape index (κ3) is 3.91. The van der Waals surface area contributed by atoms with Crippen LogP contribution in [0.1, 0.15) is 22.5 Å². The monoisotopic (exact) mass is 342 g/mol. The Morgan fingerprint density at radius 3 is 2.76 bits per heavy atom. The Bertz CT molecular complexity index is 725. The summed E-state index contributed by atoms with van der Waals surface area (Å²) in [6, 6.07) is 10.3. The number of rotatable bonds is 5. The Hall–Kier alpha value is -2.18. The quantitative estimate of drug-likeness (QED) is 0.905. The molecule has 0 spiro atoms. The van der Waals surface area contributed by atoms with Crippen LogP contribution in [-0.2, 0) is 4.74 Å². The number of benzene rings is 1. The van der Waals surface area contributed by atoms with E-state index in [1.165, 1.54) is 5.56 Å². The van der Waals surface area contributed by atoms with Gasteiger partial charge in [0.2, 0.25) is 0 Å². The van der Waals surface area contributed by atoms with Crippen LogP contribution >= 0.6 is 0 Å². The number of hydrogen-bond donors (Lipinski definition) is 1. The van der Waals surface area contributed by atoms with Crippen LogP contribution in [0.2, 0.25) is 0 Å². The highest BCUT2D eigenvalue weighted by Gasteiger charge is 2.31. The number of aryl methyl sites for hydroxylation is 1. The number of hydrogen-bond acceptors (Lipinski definition) is 4. The van der Waals surface area contributed by atoms with E-state index in [1.807, 2.05) is 44.3 Å². The van der Waals surface area contributed by atoms with Crippen LogP contribution in [0.3, 0.4) is 0 Å². The first-order chi connectivity index (χ1) is 12.0. The van der Waals surface area contributed by atoms with Gasteiger partial charge in [0.1, 0.15) is 5.69 Å². The molecule has 0 saturated carbocycles. The van der Waals surface area contributed by atoms with Gasteiger partial charge in [-0.25, -0.2) is 0 Å². The maximum absolute atomic E-state index is 12.7. The number of nitrogens with one attached hydrogen (secondary N) is 1. The van der Waals surface area contributed by atoms with Crippen molar-refractivity contribution in [2.24, 2.45) is 0 Å². The highest BCUT2D eigenvalue weighted by atomic mass is 16.5. The van der Waals surface area contributed by atoms with Gasteiger partial charge in [0, 0.05) is 38.9 Å². The smallest absolute Gasteiger partial charge is 0.271 e. The lowest BCUT2D eigenvalue weighted by Crippen LogP contribution is -2.39. The molecule has 1 aromatic carbocycles. The van der Waals surface area contributed by atoms with Gasteiger partial charge in [0.05, 0.1) is 11.8 Å². The normalized spacial score (nSPS) is 20.8. The van der Waals surface area contributed by atoms with Crippen molar-refractivity contribution >= 4 is 5.91 Å². The molecule has 1 amide bonds. The van der Waals surface area contributed by atoms with E-state index in [0.29, 0.717) is 18.3 Å². The van der Waals surface area contributed by atoms with Crippen LogP contribution in [0.4, 0.5) is 0 Å². The number of methoxy groups -OCH3 is 1. The molecule has 2 heterocycles. The first-order valence-corrected chi connectivity index (χ1v) is 8.59. The molecular weight excluding hydrogens is 316 g/mol. The molecule has 0 bridgehead atoms. The fraction of sp³-hybridized carbons (Fsp3) is 0.474. The van der Waals surface area contributed by atoms with E-state index < -0.39 is 0 Å². The molecule has 2 aromatic rings. The molecule has 1 fully saturated rings. The van der Waals surface area contributed by atoms with Gasteiger partial charge in [-0.3, -0.25) is 14.8 Å². The number of carbonyl (C=O) groups is 1. The van der Waals surface area contributed by atoms with Crippen LogP contribution in [0, 0.1) is 6.92 Å². The third-order valence-electron chi connectivity index (χ3n) is 4.97. The van der Waals surface area contributed by atoms with E-state index in [-0.39, 0.29) is 12.0 Å². The van der Waals surface area contributed by atoms with Gasteiger partial charge in [-0.1, -0.05) is 29.8 Å². The van der Waals surface area contributed by atoms with Gasteiger partial charge in [0.25, 0.3) is 5.91 Å². The van der Waals surface area contributed by atoms with Crippen molar-refractivity contribution in [3.63, 3.8) is 0 Å². The van der Waals surface area contributed by atoms with Crippen molar-refractivity contribution in [2.45, 2.75) is 25.5 Å². The zero-order valence-corrected chi connectivity index (χ0v) is 15.3. The van der Waals surface area contributed by atoms with E-state index in [9.17, 15) is 4.79 Å². The van der Waals surface area contributed by atoms with E-state index in [0.717, 1.165) is 24.2 Å². The molecule has 0 unspecified atom stereocenters. The molecule has 6 nitrogen and oxygen atoms in total. The minimum Gasteiger partial charge on any atom is -0.380 e. The van der Waals surface area contributed by atoms with E-state index in [2.05, 4.69) is 22.1 Å². The van der Waals surface area contributed by atoms with Crippen molar-refractivity contribution in [2.75, 3.05) is 34.3 Å². The molecule has 0 aliphatic carbocycles. The summed E-state index contributed by atoms with van der Waals surface area (Å²) >= 11 is 0. The van der Waals surface area contributed by atoms with Crippen molar-refractivity contribution in [3.05, 3.63) is 41.6 Å². The Kier molecular flexibility index (Phi) is 5.20. The van der Waals surface area contributed by atoms with Gasteiger partial charge in [-0.2, -0.15) is 5.10 Å². The SMILES string of the molecule is CO[C@H]1C[C@@H](CN(C)C(=O)c2cc(-c3ccc(C)cc3)n[nH]2)N(C)C1. The molecule has 0 radical (unpaired) electrons. The summed E-state index contributed by atoms with van der Waals surface area (Å²) in [6.07, 6.45) is 1.20. The maximum atomic E-state index is 12.7. The van der Waals surface area contributed by atoms with E-state index >= 15 is 0 Å². The second-order valence-corrected chi connectivity index (χ2v) is 6.91. The number of amides is 1. The van der Waals surface area contributed by atoms with Gasteiger partial charge < -0.3 is 9.64 Å². The summed E-state index contributed by atoms with van der Waals surface area (Å²) in [6.45, 7) is 3.63. The lowest BCUT2D eigenvalue weighted by Gasteiger charge is -2.25. The number of likely N-dealkylation sites (tertiary alicyclic amines) is 1. The van der Waals surface area contributed by atoms with Gasteiger partial charge in [0.15, 0.2) is 0 Å². The molecule has 1 N–H and O–H groups in total. The molecule has 1 aliphatic heterocycles. The van der Waals surface area contributed by atoms with Crippen LogP contribution in [0.15, 0.2) is 30.3 Å². The second-order valence-electron chi connectivity index (χ2n) is 6.91. The fourth-order valence-electron chi connectivity index (χ4n) is 3.32. The van der Waals surface area contributed by atoms with Crippen LogP contribution in [-0.4, -0.2) is 72.3 Å². The number of H-pyrrole nitrogens is 1. The molecule has 1 aromatic heterocycles. The summed E-state index contributed by atoms with van der Waals surface area (Å²) in [4.78, 5) is 16.7. The van der Waals surface area contributed by atoms with E-state index in [4.69, 9.17) is 4.74 Å². The number of likely N-dealkylation sites (N-methyl/N-ethyl adjacent to an activating group) is 2. The first kappa shape index (κ1) is 17.6. The van der Waals surface area contributed by atoms with Gasteiger partial charge >= 0.3 is 0 Å². The Labute approximate surface area is 148 Å². The zero-order valence-electron chi connectivity index (χ0n) is 15.3. The Balaban J connectivity index is 1.66. The van der Waals surface area contributed by atoms with Crippen molar-refractivity contribution < 1.29 is 9.53 Å². The summed E-state index contributed by atoms with van der Waals surface area (Å²) < 4.78 is 5.44. The second kappa shape index (κ2) is 7.37. The topological polar surface area (TPSA) is 61.5 Å². The first-order valence-electron chi connectivity index (χ1n) is 8.59. The Morgan fingerprint density at radius 1 is 1.40 bits per heavy atom. The van der Waals surface area contributed by atoms with Crippen molar-refractivity contribution in [3.8, 4) is 11.3 Å². The fourth-order valence-corrected chi connectivity index (χ4v) is 3.32. The van der Waals surface area contributed by atoms with Crippen molar-refractivity contribution in [1.82, 2.24) is 20.0 Å². The molecule has 1 aliphatic rings. The number of nitrogens with zero attached hydrogens (tertiary/aromatic N) is 3. The maximum Gasteiger partial charge on any atom is 0.271 e. The molecule has 6 heteroatoms. The number of carbonyl (C=O) groups excluding carboxylic acids is 1. The summed E-state index contributed by atoms with van der Waals surface area (Å²) in [5.74, 6) is -0.0415. The summed E-state index contributed by atoms with van der Waals surface area (Å²) in [7, 11) is 5.66. The largest absolute Gasteiger partial charge is 0.380 e. The Morgan fingerprint density at radius 2 is 2.12 bits per heavy atom. The standard InChI is InChI=1S/C19H26N4O2/c1-13-5-7-14(8-6-13)17-10-18(21-20-17)19(24)23(3)11-15-9-16(25-4)12-22(15)2/h5-8,10,15-16H,9,11-12H2,1-4H3,(H,20,21)/t15-,16-/m0/s1. The van der Waals surface area contributed by atoms with Crippen LogP contribution in [0.5, 0.6) is 0 Å². The van der Waals surface area contributed by atoms with Crippen LogP contribution < -0.4 is 0 Å². The summed E-state index contributed by atoms with van der Waals surface area (Å²) in [5, 5.41) is 7.16. The van der Waals surface area contributed by atoms with Gasteiger partial charge in [-0.15, -0.1) is 0 Å². The minimum atomic E-state index is -0.0415. The number of aromatic nitrogens is 2. The predicted molar refractivity (Wildman–Crippen MR) is 97.6 cm³/mol. The van der Waals surface area contributed by atoms with Gasteiger partial charge in [-0.05, 0) is 26.5 Å². The lowest BCUT2D eigenvalue weighted by atomic mass is 10.1. The number of aromatic amines is 1. The molecule has 25 heavy (non-hydrogen) atoms. The average molecular weight is 342 g/mol. The molecule has 3 rings (SSSR count). The van der Waals surface area contributed by atoms with Crippen LogP contribution in [0.25, 0.3) is 11.3 Å². The molecular formula is C19H26N4O2. The summed E-state index contributed by atoms with van der Waals surface area (Å²) in [5.41, 5.74) is 3.50. The third-order valence-corrected chi connectivity index (χ3v) is 4.97. The highest BCUT2D eigenvalue weighted by molar-refractivity contribution is 5.93. The van der Waals surface area contributed by atoms with E-state index in [1.54, 1.807) is 12.0 Å². The lowest BCUT2D eigenvalue weighted by molar-refractivity contribution is 0.0754. The molecule has 134 valence electrons. The zero-order chi connectivity index (χ0) is 18.0. The molecule has 1 saturated heterocycles. The highest BCUT2D eigenvalue weighted by Crippen LogP contribution is 2.21. The minimum absolute atomic E-state index is 0.0415. The number of ether oxygens (including phenoxy) is 1.